The first-order valence-electron chi connectivity index (χ1n) is 6.00. The van der Waals surface area contributed by atoms with Crippen molar-refractivity contribution in [1.29, 1.82) is 0 Å². The Labute approximate surface area is 146 Å². The van der Waals surface area contributed by atoms with Crippen LogP contribution in [0.1, 0.15) is 39.5 Å². The van der Waals surface area contributed by atoms with E-state index in [1.54, 1.807) is 0 Å². The van der Waals surface area contributed by atoms with Gasteiger partial charge in [0.05, 0.1) is 6.42 Å². The fraction of sp³-hybridized carbons (Fsp3) is 0.727. The van der Waals surface area contributed by atoms with E-state index in [4.69, 9.17) is 19.5 Å². The van der Waals surface area contributed by atoms with Gasteiger partial charge in [0, 0.05) is 6.61 Å². The van der Waals surface area contributed by atoms with Crippen LogP contribution in [0.25, 0.3) is 0 Å². The predicted octanol–water partition coefficient (Wildman–Crippen LogP) is -1.82. The maximum Gasteiger partial charge on any atom is 1.00 e. The number of unbranched alkanes of at least 4 members (excludes halogenated alkanes) is 1. The Hall–Kier alpha value is -0.190. The Bertz CT molecular complexity index is 376. The Morgan fingerprint density at radius 3 is 2.00 bits per heavy atom. The molecule has 0 rings (SSSR count). The summed E-state index contributed by atoms with van der Waals surface area (Å²) in [6, 6.07) is 0. The Kier molecular flexibility index (Phi) is 18.1. The van der Waals surface area contributed by atoms with Crippen LogP contribution in [0.4, 0.5) is 0 Å². The van der Waals surface area contributed by atoms with Gasteiger partial charge in [-0.2, -0.15) is 14.8 Å². The van der Waals surface area contributed by atoms with E-state index in [1.807, 2.05) is 6.61 Å². The van der Waals surface area contributed by atoms with E-state index in [0.29, 0.717) is 0 Å². The largest absolute Gasteiger partial charge is 1.00 e. The van der Waals surface area contributed by atoms with Crippen LogP contribution < -0.4 is 29.6 Å². The third kappa shape index (κ3) is 17.8. The molecule has 120 valence electrons. The summed E-state index contributed by atoms with van der Waals surface area (Å²) in [4.78, 5) is 20.0. The van der Waals surface area contributed by atoms with E-state index in [1.165, 1.54) is 12.8 Å². The van der Waals surface area contributed by atoms with Gasteiger partial charge >= 0.3 is 41.5 Å². The molecule has 0 saturated heterocycles. The number of rotatable bonds is 9. The van der Waals surface area contributed by atoms with Crippen LogP contribution in [-0.2, 0) is 24.4 Å². The summed E-state index contributed by atoms with van der Waals surface area (Å²) in [6.07, 6.45) is 2.26. The van der Waals surface area contributed by atoms with Crippen LogP contribution in [0.15, 0.2) is 0 Å². The van der Waals surface area contributed by atoms with E-state index in [-0.39, 0.29) is 29.6 Å². The number of hydrogen-bond acceptors (Lipinski definition) is 5. The summed E-state index contributed by atoms with van der Waals surface area (Å²) >= 11 is 0. The average molecular weight is 336 g/mol. The first-order chi connectivity index (χ1) is 9.16. The fourth-order valence-corrected chi connectivity index (χ4v) is 1.52. The van der Waals surface area contributed by atoms with Crippen molar-refractivity contribution in [2.24, 2.45) is 0 Å². The van der Waals surface area contributed by atoms with E-state index in [0.717, 1.165) is 13.0 Å². The Morgan fingerprint density at radius 2 is 1.76 bits per heavy atom. The van der Waals surface area contributed by atoms with Crippen molar-refractivity contribution < 1.29 is 67.1 Å². The zero-order chi connectivity index (χ0) is 16.2. The topological polar surface area (TPSA) is 138 Å². The molecule has 0 aliphatic heterocycles. The molecule has 0 fully saturated rings. The van der Waals surface area contributed by atoms with Crippen LogP contribution >= 0.6 is 0 Å². The molecule has 10 heteroatoms. The Balaban J connectivity index is -0.000000317. The molecule has 0 saturated carbocycles. The van der Waals surface area contributed by atoms with Gasteiger partial charge in [0.1, 0.15) is 0 Å². The molecule has 0 aliphatic carbocycles. The molecule has 0 radical (unpaired) electrons. The number of hydrogen-bond donors (Lipinski definition) is 3. The van der Waals surface area contributed by atoms with E-state index >= 15 is 0 Å². The second-order valence-electron chi connectivity index (χ2n) is 3.74. The van der Waals surface area contributed by atoms with Gasteiger partial charge in [-0.25, -0.2) is 6.61 Å². The van der Waals surface area contributed by atoms with Crippen molar-refractivity contribution in [3.05, 3.63) is 6.61 Å². The maximum atomic E-state index is 10.2. The van der Waals surface area contributed by atoms with Gasteiger partial charge in [-0.15, -0.1) is 0 Å². The molecule has 0 aliphatic rings. The quantitative estimate of drug-likeness (QED) is 0.194. The van der Waals surface area contributed by atoms with Gasteiger partial charge < -0.3 is 14.9 Å². The molecule has 21 heavy (non-hydrogen) atoms. The predicted molar refractivity (Wildman–Crippen MR) is 70.7 cm³/mol. The second kappa shape index (κ2) is 14.7. The normalized spacial score (nSPS) is 11.6. The molecule has 1 unspecified atom stereocenters. The van der Waals surface area contributed by atoms with Crippen LogP contribution in [0.3, 0.4) is 0 Å². The maximum absolute atomic E-state index is 10.2. The van der Waals surface area contributed by atoms with E-state index < -0.39 is 33.7 Å². The smallest absolute Gasteiger partial charge is 0.552 e. The van der Waals surface area contributed by atoms with Gasteiger partial charge in [0.2, 0.25) is 0 Å². The second-order valence-corrected chi connectivity index (χ2v) is 5.34. The zero-order valence-electron chi connectivity index (χ0n) is 12.5. The standard InChI is InChI=1S/C7H15O.C4H6O7S.Na/c1-3-5-7-8-6-4-2;5-3(6)1-2(4(7)8)12(9,10)11;/h6H,3-5,7H2,1-2H3;2H,1H2,(H,5,6)(H,7,8)(H,9,10,11);/q-1;;+1. The van der Waals surface area contributed by atoms with Gasteiger partial charge in [-0.3, -0.25) is 14.1 Å². The van der Waals surface area contributed by atoms with Crippen LogP contribution in [-0.4, -0.2) is 47.0 Å². The summed E-state index contributed by atoms with van der Waals surface area (Å²) in [7, 11) is -4.84. The summed E-state index contributed by atoms with van der Waals surface area (Å²) in [5.74, 6) is -3.50. The number of ether oxygens (including phenoxy) is 1. The van der Waals surface area contributed by atoms with Crippen molar-refractivity contribution >= 4 is 22.1 Å². The molecule has 0 aromatic rings. The molecule has 0 amide bonds. The molecule has 0 heterocycles. The molecule has 0 aromatic carbocycles. The molecule has 3 N–H and O–H groups in total. The summed E-state index contributed by atoms with van der Waals surface area (Å²) in [6.45, 7) is 6.99. The molecule has 0 spiro atoms. The molecule has 0 bridgehead atoms. The van der Waals surface area contributed by atoms with Gasteiger partial charge in [-0.05, 0) is 6.42 Å². The van der Waals surface area contributed by atoms with Crippen LogP contribution in [0.2, 0.25) is 0 Å². The SMILES string of the molecule is CC[CH-]OCCCC.O=C(O)CC(C(=O)O)S(=O)(=O)O.[Na+]. The molecule has 0 aromatic heterocycles. The molecular weight excluding hydrogens is 315 g/mol. The van der Waals surface area contributed by atoms with Gasteiger partial charge in [0.25, 0.3) is 10.1 Å². The van der Waals surface area contributed by atoms with Crippen molar-refractivity contribution in [3.8, 4) is 0 Å². The van der Waals surface area contributed by atoms with Crippen molar-refractivity contribution in [2.45, 2.75) is 44.8 Å². The summed E-state index contributed by atoms with van der Waals surface area (Å²) in [5, 5.41) is 13.9. The van der Waals surface area contributed by atoms with Gasteiger partial charge in [-0.1, -0.05) is 20.3 Å². The molecule has 8 nitrogen and oxygen atoms in total. The Morgan fingerprint density at radius 1 is 1.24 bits per heavy atom. The average Bonchev–Trinajstić information content (AvgIpc) is 2.31. The number of aliphatic carboxylic acids is 2. The fourth-order valence-electron chi connectivity index (χ4n) is 0.907. The monoisotopic (exact) mass is 336 g/mol. The van der Waals surface area contributed by atoms with Gasteiger partial charge in [0.15, 0.2) is 5.25 Å². The number of carbonyl (C=O) groups is 2. The molecular formula is C11H21NaO8S. The van der Waals surface area contributed by atoms with Crippen LogP contribution in [0, 0.1) is 6.61 Å². The van der Waals surface area contributed by atoms with Crippen LogP contribution in [0.5, 0.6) is 0 Å². The number of carboxylic acid groups (broad SMARTS) is 2. The van der Waals surface area contributed by atoms with Crippen molar-refractivity contribution in [1.82, 2.24) is 0 Å². The summed E-state index contributed by atoms with van der Waals surface area (Å²) in [5.41, 5.74) is 0. The third-order valence-electron chi connectivity index (χ3n) is 1.90. The number of carboxylic acids is 2. The minimum Gasteiger partial charge on any atom is -0.552 e. The zero-order valence-corrected chi connectivity index (χ0v) is 15.3. The summed E-state index contributed by atoms with van der Waals surface area (Å²) < 4.78 is 33.8. The molecule has 1 atom stereocenters. The minimum absolute atomic E-state index is 0. The first kappa shape index (κ1) is 25.7. The third-order valence-corrected chi connectivity index (χ3v) is 2.98. The minimum atomic E-state index is -4.84. The van der Waals surface area contributed by atoms with Crippen molar-refractivity contribution in [3.63, 3.8) is 0 Å². The van der Waals surface area contributed by atoms with E-state index in [2.05, 4.69) is 13.8 Å². The first-order valence-corrected chi connectivity index (χ1v) is 7.51. The van der Waals surface area contributed by atoms with E-state index in [9.17, 15) is 18.0 Å². The van der Waals surface area contributed by atoms with Crippen molar-refractivity contribution in [2.75, 3.05) is 6.61 Å².